The second kappa shape index (κ2) is 9.92. The Morgan fingerprint density at radius 1 is 1.21 bits per heavy atom. The summed E-state index contributed by atoms with van der Waals surface area (Å²) in [6, 6.07) is 8.42. The molecule has 0 radical (unpaired) electrons. The molecule has 2 amide bonds. The summed E-state index contributed by atoms with van der Waals surface area (Å²) in [5.41, 5.74) is 2.17. The number of hydrogen-bond acceptors (Lipinski definition) is 5. The van der Waals surface area contributed by atoms with Crippen molar-refractivity contribution in [2.24, 2.45) is 0 Å². The van der Waals surface area contributed by atoms with Gasteiger partial charge in [-0.25, -0.2) is 9.78 Å². The summed E-state index contributed by atoms with van der Waals surface area (Å²) in [5.74, 6) is 0.945. The molecule has 0 spiro atoms. The second-order valence-corrected chi connectivity index (χ2v) is 7.40. The highest BCUT2D eigenvalue weighted by molar-refractivity contribution is 5.74. The molecule has 2 aromatic heterocycles. The van der Waals surface area contributed by atoms with Crippen molar-refractivity contribution in [2.75, 3.05) is 43.9 Å². The Labute approximate surface area is 167 Å². The summed E-state index contributed by atoms with van der Waals surface area (Å²) in [6.07, 6.45) is 9.26. The maximum Gasteiger partial charge on any atom is 0.317 e. The Hall–Kier alpha value is -2.83. The number of hydrogen-bond donors (Lipinski definition) is 2. The molecule has 150 valence electrons. The van der Waals surface area contributed by atoms with Crippen LogP contribution in [0.1, 0.15) is 24.8 Å². The molecule has 3 heterocycles. The molecule has 28 heavy (non-hydrogen) atoms. The van der Waals surface area contributed by atoms with Gasteiger partial charge in [0.2, 0.25) is 0 Å². The van der Waals surface area contributed by atoms with Crippen LogP contribution in [0.5, 0.6) is 0 Å². The zero-order valence-corrected chi connectivity index (χ0v) is 16.8. The van der Waals surface area contributed by atoms with Gasteiger partial charge >= 0.3 is 6.03 Å². The number of nitrogens with zero attached hydrogens (tertiary/aromatic N) is 4. The average molecular weight is 383 g/mol. The van der Waals surface area contributed by atoms with Gasteiger partial charge < -0.3 is 20.4 Å². The highest BCUT2D eigenvalue weighted by Gasteiger charge is 2.20. The standard InChI is InChI=1S/C21H30N6O/c1-26(2)20-8-7-19(16-24-20)25-18-6-4-13-27(14-10-18)21(28)23-12-9-17-5-3-11-22-15-17/h3,5,7-8,11,15-16,18,25H,4,6,9-10,12-14H2,1-2H3,(H,23,28)/t18-/m1/s1. The van der Waals surface area contributed by atoms with E-state index >= 15 is 0 Å². The van der Waals surface area contributed by atoms with Crippen LogP contribution < -0.4 is 15.5 Å². The van der Waals surface area contributed by atoms with Gasteiger partial charge in [0.15, 0.2) is 0 Å². The molecule has 7 heteroatoms. The molecule has 0 aliphatic carbocycles. The first kappa shape index (κ1) is 19.9. The summed E-state index contributed by atoms with van der Waals surface area (Å²) < 4.78 is 0. The van der Waals surface area contributed by atoms with E-state index in [4.69, 9.17) is 0 Å². The lowest BCUT2D eigenvalue weighted by atomic mass is 10.1. The van der Waals surface area contributed by atoms with Gasteiger partial charge in [0, 0.05) is 52.2 Å². The van der Waals surface area contributed by atoms with Crippen LogP contribution in [0.4, 0.5) is 16.3 Å². The lowest BCUT2D eigenvalue weighted by Gasteiger charge is -2.22. The summed E-state index contributed by atoms with van der Waals surface area (Å²) >= 11 is 0. The maximum atomic E-state index is 12.5. The zero-order chi connectivity index (χ0) is 19.8. The minimum atomic E-state index is 0.0292. The SMILES string of the molecule is CN(C)c1ccc(N[C@@H]2CCCN(C(=O)NCCc3cccnc3)CC2)cn1. The third-order valence-electron chi connectivity index (χ3n) is 5.00. The van der Waals surface area contributed by atoms with Crippen LogP contribution >= 0.6 is 0 Å². The van der Waals surface area contributed by atoms with Crippen molar-refractivity contribution in [1.82, 2.24) is 20.2 Å². The van der Waals surface area contributed by atoms with Crippen LogP contribution in [-0.2, 0) is 6.42 Å². The van der Waals surface area contributed by atoms with E-state index in [-0.39, 0.29) is 6.03 Å². The monoisotopic (exact) mass is 382 g/mol. The Morgan fingerprint density at radius 3 is 2.82 bits per heavy atom. The van der Waals surface area contributed by atoms with Crippen molar-refractivity contribution in [2.45, 2.75) is 31.7 Å². The molecule has 0 unspecified atom stereocenters. The number of pyridine rings is 2. The van der Waals surface area contributed by atoms with E-state index in [9.17, 15) is 4.79 Å². The van der Waals surface area contributed by atoms with E-state index in [0.717, 1.165) is 55.8 Å². The van der Waals surface area contributed by atoms with Crippen LogP contribution in [0, 0.1) is 0 Å². The number of carbonyl (C=O) groups is 1. The van der Waals surface area contributed by atoms with Crippen LogP contribution in [0.2, 0.25) is 0 Å². The Balaban J connectivity index is 1.43. The minimum Gasteiger partial charge on any atom is -0.381 e. The van der Waals surface area contributed by atoms with Crippen molar-refractivity contribution < 1.29 is 4.79 Å². The van der Waals surface area contributed by atoms with Crippen LogP contribution in [0.3, 0.4) is 0 Å². The molecule has 1 atom stereocenters. The fraction of sp³-hybridized carbons (Fsp3) is 0.476. The van der Waals surface area contributed by atoms with Gasteiger partial charge in [-0.05, 0) is 49.4 Å². The highest BCUT2D eigenvalue weighted by atomic mass is 16.2. The van der Waals surface area contributed by atoms with Gasteiger partial charge in [-0.15, -0.1) is 0 Å². The van der Waals surface area contributed by atoms with Gasteiger partial charge in [0.05, 0.1) is 11.9 Å². The fourth-order valence-corrected chi connectivity index (χ4v) is 3.39. The molecule has 7 nitrogen and oxygen atoms in total. The number of rotatable bonds is 6. The van der Waals surface area contributed by atoms with Crippen LogP contribution in [0.15, 0.2) is 42.9 Å². The third-order valence-corrected chi connectivity index (χ3v) is 5.00. The Morgan fingerprint density at radius 2 is 2.11 bits per heavy atom. The molecule has 1 fully saturated rings. The number of amides is 2. The van der Waals surface area contributed by atoms with Crippen molar-refractivity contribution in [1.29, 1.82) is 0 Å². The fourth-order valence-electron chi connectivity index (χ4n) is 3.39. The predicted molar refractivity (Wildman–Crippen MR) is 113 cm³/mol. The Kier molecular flexibility index (Phi) is 7.06. The first-order valence-electron chi connectivity index (χ1n) is 9.93. The molecule has 0 saturated carbocycles. The van der Waals surface area contributed by atoms with E-state index in [1.54, 1.807) is 6.20 Å². The highest BCUT2D eigenvalue weighted by Crippen LogP contribution is 2.18. The summed E-state index contributed by atoms with van der Waals surface area (Å²) in [7, 11) is 3.97. The van der Waals surface area contributed by atoms with Crippen molar-refractivity contribution >= 4 is 17.5 Å². The minimum absolute atomic E-state index is 0.0292. The first-order valence-corrected chi connectivity index (χ1v) is 9.93. The van der Waals surface area contributed by atoms with Gasteiger partial charge in [-0.1, -0.05) is 6.07 Å². The average Bonchev–Trinajstić information content (AvgIpc) is 2.95. The van der Waals surface area contributed by atoms with Crippen molar-refractivity contribution in [3.05, 3.63) is 48.4 Å². The molecule has 2 aromatic rings. The third kappa shape index (κ3) is 5.84. The maximum absolute atomic E-state index is 12.5. The largest absolute Gasteiger partial charge is 0.381 e. The number of nitrogens with one attached hydrogen (secondary N) is 2. The van der Waals surface area contributed by atoms with E-state index in [0.29, 0.717) is 12.6 Å². The lowest BCUT2D eigenvalue weighted by Crippen LogP contribution is -2.41. The molecular weight excluding hydrogens is 352 g/mol. The zero-order valence-electron chi connectivity index (χ0n) is 16.8. The van der Waals surface area contributed by atoms with E-state index in [1.807, 2.05) is 54.5 Å². The molecule has 2 N–H and O–H groups in total. The number of anilines is 2. The van der Waals surface area contributed by atoms with Crippen molar-refractivity contribution in [3.8, 4) is 0 Å². The molecule has 0 bridgehead atoms. The van der Waals surface area contributed by atoms with E-state index in [1.165, 1.54) is 0 Å². The smallest absolute Gasteiger partial charge is 0.317 e. The predicted octanol–water partition coefficient (Wildman–Crippen LogP) is 2.76. The van der Waals surface area contributed by atoms with Gasteiger partial charge in [-0.3, -0.25) is 4.98 Å². The number of carbonyl (C=O) groups excluding carboxylic acids is 1. The molecule has 1 aliphatic rings. The van der Waals surface area contributed by atoms with Gasteiger partial charge in [0.25, 0.3) is 0 Å². The second-order valence-electron chi connectivity index (χ2n) is 7.40. The van der Waals surface area contributed by atoms with Gasteiger partial charge in [0.1, 0.15) is 5.82 Å². The topological polar surface area (TPSA) is 73.4 Å². The molecule has 3 rings (SSSR count). The summed E-state index contributed by atoms with van der Waals surface area (Å²) in [5, 5.41) is 6.60. The van der Waals surface area contributed by atoms with Crippen LogP contribution in [0.25, 0.3) is 0 Å². The molecule has 0 aromatic carbocycles. The number of likely N-dealkylation sites (tertiary alicyclic amines) is 1. The number of urea groups is 1. The van der Waals surface area contributed by atoms with Gasteiger partial charge in [-0.2, -0.15) is 0 Å². The van der Waals surface area contributed by atoms with Crippen molar-refractivity contribution in [3.63, 3.8) is 0 Å². The molecule has 1 aliphatic heterocycles. The molecule has 1 saturated heterocycles. The summed E-state index contributed by atoms with van der Waals surface area (Å²) in [6.45, 7) is 2.20. The number of aromatic nitrogens is 2. The quantitative estimate of drug-likeness (QED) is 0.804. The normalized spacial score (nSPS) is 16.9. The lowest BCUT2D eigenvalue weighted by molar-refractivity contribution is 0.200. The Bertz CT molecular complexity index is 734. The molecular formula is C21H30N6O. The van der Waals surface area contributed by atoms with Crippen LogP contribution in [-0.4, -0.2) is 60.7 Å². The van der Waals surface area contributed by atoms with E-state index in [2.05, 4.69) is 26.7 Å². The van der Waals surface area contributed by atoms with E-state index < -0.39 is 0 Å². The summed E-state index contributed by atoms with van der Waals surface area (Å²) in [4.78, 5) is 24.9. The first-order chi connectivity index (χ1) is 13.6.